The molecule has 0 saturated heterocycles. The van der Waals surface area contributed by atoms with Gasteiger partial charge in [0.2, 0.25) is 0 Å². The standard InChI is InChI=1S/C13H9BrO3/c14-10-3-1-2-9(8-10)12-6-4-11(17-12)5-7-13(15)16/h1-8H,(H,15,16)/b7-5+. The summed E-state index contributed by atoms with van der Waals surface area (Å²) >= 11 is 3.38. The molecule has 17 heavy (non-hydrogen) atoms. The molecule has 3 nitrogen and oxygen atoms in total. The number of carboxylic acids is 1. The highest BCUT2D eigenvalue weighted by molar-refractivity contribution is 9.10. The minimum atomic E-state index is -0.995. The van der Waals surface area contributed by atoms with Gasteiger partial charge < -0.3 is 9.52 Å². The molecule has 0 saturated carbocycles. The Morgan fingerprint density at radius 2 is 2.12 bits per heavy atom. The second-order valence-corrected chi connectivity index (χ2v) is 4.30. The Morgan fingerprint density at radius 1 is 1.29 bits per heavy atom. The predicted molar refractivity (Wildman–Crippen MR) is 68.5 cm³/mol. The largest absolute Gasteiger partial charge is 0.478 e. The number of halogens is 1. The maximum absolute atomic E-state index is 10.4. The van der Waals surface area contributed by atoms with Crippen molar-refractivity contribution in [1.82, 2.24) is 0 Å². The third kappa shape index (κ3) is 3.07. The second kappa shape index (κ2) is 5.01. The summed E-state index contributed by atoms with van der Waals surface area (Å²) in [6.45, 7) is 0. The zero-order valence-corrected chi connectivity index (χ0v) is 10.3. The van der Waals surface area contributed by atoms with Gasteiger partial charge in [-0.05, 0) is 30.3 Å². The van der Waals surface area contributed by atoms with Crippen molar-refractivity contribution in [2.45, 2.75) is 0 Å². The first-order valence-electron chi connectivity index (χ1n) is 4.92. The van der Waals surface area contributed by atoms with E-state index in [-0.39, 0.29) is 0 Å². The van der Waals surface area contributed by atoms with Crippen LogP contribution in [0.2, 0.25) is 0 Å². The fourth-order valence-corrected chi connectivity index (χ4v) is 1.79. The maximum Gasteiger partial charge on any atom is 0.328 e. The van der Waals surface area contributed by atoms with E-state index in [2.05, 4.69) is 15.9 Å². The normalized spacial score (nSPS) is 10.9. The van der Waals surface area contributed by atoms with Crippen molar-refractivity contribution in [1.29, 1.82) is 0 Å². The highest BCUT2D eigenvalue weighted by Crippen LogP contribution is 2.25. The highest BCUT2D eigenvalue weighted by atomic mass is 79.9. The van der Waals surface area contributed by atoms with Gasteiger partial charge in [0.1, 0.15) is 11.5 Å². The smallest absolute Gasteiger partial charge is 0.328 e. The van der Waals surface area contributed by atoms with E-state index in [0.717, 1.165) is 16.1 Å². The quantitative estimate of drug-likeness (QED) is 0.875. The summed E-state index contributed by atoms with van der Waals surface area (Å²) in [6.07, 6.45) is 2.47. The van der Waals surface area contributed by atoms with Crippen LogP contribution in [-0.2, 0) is 4.79 Å². The number of furan rings is 1. The number of aliphatic carboxylic acids is 1. The zero-order chi connectivity index (χ0) is 12.3. The van der Waals surface area contributed by atoms with E-state index in [9.17, 15) is 4.79 Å². The Bertz CT molecular complexity index is 570. The average molecular weight is 293 g/mol. The van der Waals surface area contributed by atoms with Gasteiger partial charge in [0.25, 0.3) is 0 Å². The molecule has 0 aliphatic carbocycles. The van der Waals surface area contributed by atoms with Gasteiger partial charge in [-0.3, -0.25) is 0 Å². The summed E-state index contributed by atoms with van der Waals surface area (Å²) in [5, 5.41) is 8.50. The number of hydrogen-bond acceptors (Lipinski definition) is 2. The molecule has 0 radical (unpaired) electrons. The molecule has 0 amide bonds. The number of benzene rings is 1. The molecular formula is C13H9BrO3. The molecule has 2 rings (SSSR count). The van der Waals surface area contributed by atoms with Crippen molar-refractivity contribution in [3.8, 4) is 11.3 Å². The van der Waals surface area contributed by atoms with E-state index in [0.29, 0.717) is 11.5 Å². The first-order chi connectivity index (χ1) is 8.15. The van der Waals surface area contributed by atoms with Crippen LogP contribution in [0.5, 0.6) is 0 Å². The molecule has 0 aliphatic heterocycles. The van der Waals surface area contributed by atoms with Crippen LogP contribution in [-0.4, -0.2) is 11.1 Å². The van der Waals surface area contributed by atoms with Gasteiger partial charge in [-0.1, -0.05) is 28.1 Å². The molecule has 0 fully saturated rings. The number of carboxylic acid groups (broad SMARTS) is 1. The maximum atomic E-state index is 10.4. The monoisotopic (exact) mass is 292 g/mol. The van der Waals surface area contributed by atoms with Crippen LogP contribution in [0.1, 0.15) is 5.76 Å². The first-order valence-corrected chi connectivity index (χ1v) is 5.71. The minimum absolute atomic E-state index is 0.516. The molecular weight excluding hydrogens is 284 g/mol. The fourth-order valence-electron chi connectivity index (χ4n) is 1.39. The van der Waals surface area contributed by atoms with Gasteiger partial charge in [-0.15, -0.1) is 0 Å². The summed E-state index contributed by atoms with van der Waals surface area (Å²) in [6, 6.07) is 11.2. The van der Waals surface area contributed by atoms with Crippen molar-refractivity contribution in [3.63, 3.8) is 0 Å². The molecule has 86 valence electrons. The third-order valence-corrected chi connectivity index (χ3v) is 2.62. The molecule has 4 heteroatoms. The Hall–Kier alpha value is -1.81. The summed E-state index contributed by atoms with van der Waals surface area (Å²) in [5.41, 5.74) is 0.939. The molecule has 0 spiro atoms. The van der Waals surface area contributed by atoms with Crippen molar-refractivity contribution in [3.05, 3.63) is 52.7 Å². The molecule has 1 aromatic carbocycles. The summed E-state index contributed by atoms with van der Waals surface area (Å²) in [4.78, 5) is 10.4. The molecule has 0 atom stereocenters. The number of hydrogen-bond donors (Lipinski definition) is 1. The molecule has 2 aromatic rings. The van der Waals surface area contributed by atoms with Gasteiger partial charge in [0.05, 0.1) is 0 Å². The van der Waals surface area contributed by atoms with Crippen LogP contribution in [0, 0.1) is 0 Å². The van der Waals surface area contributed by atoms with Crippen LogP contribution in [0.25, 0.3) is 17.4 Å². The third-order valence-electron chi connectivity index (χ3n) is 2.13. The van der Waals surface area contributed by atoms with Gasteiger partial charge in [0, 0.05) is 16.1 Å². The topological polar surface area (TPSA) is 50.4 Å². The Balaban J connectivity index is 2.27. The summed E-state index contributed by atoms with van der Waals surface area (Å²) < 4.78 is 6.47. The number of rotatable bonds is 3. The van der Waals surface area contributed by atoms with Gasteiger partial charge in [-0.2, -0.15) is 0 Å². The molecule has 0 bridgehead atoms. The lowest BCUT2D eigenvalue weighted by molar-refractivity contribution is -0.131. The zero-order valence-electron chi connectivity index (χ0n) is 8.76. The SMILES string of the molecule is O=C(O)/C=C/c1ccc(-c2cccc(Br)c2)o1. The van der Waals surface area contributed by atoms with Crippen LogP contribution < -0.4 is 0 Å². The van der Waals surface area contributed by atoms with Crippen LogP contribution in [0.3, 0.4) is 0 Å². The van der Waals surface area contributed by atoms with E-state index >= 15 is 0 Å². The van der Waals surface area contributed by atoms with Crippen molar-refractivity contribution >= 4 is 28.0 Å². The molecule has 1 heterocycles. The highest BCUT2D eigenvalue weighted by Gasteiger charge is 2.03. The van der Waals surface area contributed by atoms with E-state index in [1.165, 1.54) is 6.08 Å². The lowest BCUT2D eigenvalue weighted by atomic mass is 10.2. The lowest BCUT2D eigenvalue weighted by Crippen LogP contribution is -1.84. The Labute approximate surface area is 107 Å². The van der Waals surface area contributed by atoms with Crippen molar-refractivity contribution < 1.29 is 14.3 Å². The Morgan fingerprint density at radius 3 is 2.82 bits per heavy atom. The molecule has 1 aromatic heterocycles. The average Bonchev–Trinajstić information content (AvgIpc) is 2.75. The molecule has 0 aliphatic rings. The molecule has 1 N–H and O–H groups in total. The van der Waals surface area contributed by atoms with Crippen molar-refractivity contribution in [2.24, 2.45) is 0 Å². The van der Waals surface area contributed by atoms with E-state index in [1.54, 1.807) is 6.07 Å². The minimum Gasteiger partial charge on any atom is -0.478 e. The molecule has 0 unspecified atom stereocenters. The number of carbonyl (C=O) groups is 1. The van der Waals surface area contributed by atoms with E-state index in [4.69, 9.17) is 9.52 Å². The van der Waals surface area contributed by atoms with Gasteiger partial charge >= 0.3 is 5.97 Å². The summed E-state index contributed by atoms with van der Waals surface area (Å²) in [5.74, 6) is 0.226. The van der Waals surface area contributed by atoms with Gasteiger partial charge in [-0.25, -0.2) is 4.79 Å². The predicted octanol–water partition coefficient (Wildman–Crippen LogP) is 3.81. The summed E-state index contributed by atoms with van der Waals surface area (Å²) in [7, 11) is 0. The van der Waals surface area contributed by atoms with Crippen LogP contribution in [0.15, 0.2) is 51.4 Å². The lowest BCUT2D eigenvalue weighted by Gasteiger charge is -1.96. The fraction of sp³-hybridized carbons (Fsp3) is 0. The van der Waals surface area contributed by atoms with E-state index < -0.39 is 5.97 Å². The Kier molecular flexibility index (Phi) is 3.44. The first kappa shape index (κ1) is 11.7. The van der Waals surface area contributed by atoms with Crippen LogP contribution in [0.4, 0.5) is 0 Å². The van der Waals surface area contributed by atoms with Crippen LogP contribution >= 0.6 is 15.9 Å². The second-order valence-electron chi connectivity index (χ2n) is 3.38. The van der Waals surface area contributed by atoms with Gasteiger partial charge in [0.15, 0.2) is 0 Å². The van der Waals surface area contributed by atoms with E-state index in [1.807, 2.05) is 30.3 Å². The van der Waals surface area contributed by atoms with Crippen molar-refractivity contribution in [2.75, 3.05) is 0 Å².